The second-order valence-corrected chi connectivity index (χ2v) is 3.78. The summed E-state index contributed by atoms with van der Waals surface area (Å²) in [5, 5.41) is 3.01. The van der Waals surface area contributed by atoms with Gasteiger partial charge < -0.3 is 5.32 Å². The average Bonchev–Trinajstić information content (AvgIpc) is 2.01. The lowest BCUT2D eigenvalue weighted by molar-refractivity contribution is 0.0943. The van der Waals surface area contributed by atoms with E-state index in [9.17, 15) is 4.79 Å². The number of pyridine rings is 1. The van der Waals surface area contributed by atoms with Gasteiger partial charge in [-0.05, 0) is 32.9 Å². The van der Waals surface area contributed by atoms with Crippen LogP contribution in [-0.4, -0.2) is 16.9 Å². The Morgan fingerprint density at radius 2 is 2.14 bits per heavy atom. The zero-order valence-electron chi connectivity index (χ0n) is 8.47. The number of amides is 1. The molecule has 1 heterocycles. The summed E-state index contributed by atoms with van der Waals surface area (Å²) >= 11 is 5.84. The van der Waals surface area contributed by atoms with E-state index >= 15 is 0 Å². The molecular formula is C10H13ClN2O. The maximum Gasteiger partial charge on any atom is 0.254 e. The van der Waals surface area contributed by atoms with Crippen LogP contribution < -0.4 is 5.32 Å². The van der Waals surface area contributed by atoms with Crippen LogP contribution in [0.3, 0.4) is 0 Å². The van der Waals surface area contributed by atoms with E-state index < -0.39 is 0 Å². The first-order chi connectivity index (χ1) is 6.50. The van der Waals surface area contributed by atoms with Gasteiger partial charge in [0, 0.05) is 11.7 Å². The van der Waals surface area contributed by atoms with Crippen molar-refractivity contribution < 1.29 is 4.79 Å². The zero-order valence-corrected chi connectivity index (χ0v) is 9.22. The lowest BCUT2D eigenvalue weighted by Gasteiger charge is -2.09. The molecule has 0 saturated carbocycles. The highest BCUT2D eigenvalue weighted by molar-refractivity contribution is 6.32. The van der Waals surface area contributed by atoms with Crippen molar-refractivity contribution in [2.24, 2.45) is 0 Å². The van der Waals surface area contributed by atoms with Gasteiger partial charge in [-0.15, -0.1) is 0 Å². The molecule has 4 heteroatoms. The Labute approximate surface area is 88.5 Å². The summed E-state index contributed by atoms with van der Waals surface area (Å²) in [6.45, 7) is 5.62. The molecule has 0 unspecified atom stereocenters. The van der Waals surface area contributed by atoms with Crippen LogP contribution in [0.25, 0.3) is 0 Å². The second-order valence-electron chi connectivity index (χ2n) is 3.42. The van der Waals surface area contributed by atoms with Crippen molar-refractivity contribution in [3.05, 3.63) is 28.5 Å². The number of nitrogens with one attached hydrogen (secondary N) is 1. The molecule has 3 nitrogen and oxygen atoms in total. The molecule has 14 heavy (non-hydrogen) atoms. The van der Waals surface area contributed by atoms with Gasteiger partial charge >= 0.3 is 0 Å². The molecule has 0 aromatic carbocycles. The van der Waals surface area contributed by atoms with Crippen molar-refractivity contribution in [1.29, 1.82) is 0 Å². The summed E-state index contributed by atoms with van der Waals surface area (Å²) in [5.41, 5.74) is 1.22. The van der Waals surface area contributed by atoms with Crippen LogP contribution in [0.1, 0.15) is 29.9 Å². The molecule has 0 aliphatic carbocycles. The van der Waals surface area contributed by atoms with Crippen LogP contribution in [-0.2, 0) is 0 Å². The van der Waals surface area contributed by atoms with Gasteiger partial charge in [0.05, 0.1) is 5.56 Å². The minimum Gasteiger partial charge on any atom is -0.350 e. The molecule has 1 amide bonds. The predicted octanol–water partition coefficient (Wildman–Crippen LogP) is 2.18. The third-order valence-electron chi connectivity index (χ3n) is 1.65. The van der Waals surface area contributed by atoms with Crippen molar-refractivity contribution in [1.82, 2.24) is 10.3 Å². The van der Waals surface area contributed by atoms with E-state index in [4.69, 9.17) is 11.6 Å². The van der Waals surface area contributed by atoms with E-state index in [0.717, 1.165) is 5.69 Å². The average molecular weight is 213 g/mol. The van der Waals surface area contributed by atoms with E-state index in [-0.39, 0.29) is 17.1 Å². The summed E-state index contributed by atoms with van der Waals surface area (Å²) in [5.74, 6) is -0.183. The Hall–Kier alpha value is -1.09. The van der Waals surface area contributed by atoms with Gasteiger partial charge in [0.25, 0.3) is 5.91 Å². The molecule has 1 N–H and O–H groups in total. The summed E-state index contributed by atoms with van der Waals surface area (Å²) in [6.07, 6.45) is 0. The van der Waals surface area contributed by atoms with E-state index in [0.29, 0.717) is 5.56 Å². The van der Waals surface area contributed by atoms with Crippen LogP contribution in [0.2, 0.25) is 5.15 Å². The normalized spacial score (nSPS) is 10.4. The minimum absolute atomic E-state index is 0.0971. The van der Waals surface area contributed by atoms with Crippen molar-refractivity contribution in [2.75, 3.05) is 0 Å². The number of carbonyl (C=O) groups is 1. The molecule has 0 radical (unpaired) electrons. The molecule has 0 bridgehead atoms. The van der Waals surface area contributed by atoms with Crippen LogP contribution in [0.4, 0.5) is 0 Å². The molecule has 0 fully saturated rings. The maximum atomic E-state index is 11.6. The first kappa shape index (κ1) is 11.0. The quantitative estimate of drug-likeness (QED) is 0.764. The molecule has 1 aromatic heterocycles. The molecule has 0 saturated heterocycles. The van der Waals surface area contributed by atoms with Gasteiger partial charge in [0.1, 0.15) is 5.15 Å². The third-order valence-corrected chi connectivity index (χ3v) is 1.94. The monoisotopic (exact) mass is 212 g/mol. The minimum atomic E-state index is -0.183. The summed E-state index contributed by atoms with van der Waals surface area (Å²) < 4.78 is 0. The fraction of sp³-hybridized carbons (Fsp3) is 0.400. The molecule has 0 aliphatic rings. The van der Waals surface area contributed by atoms with Crippen LogP contribution in [0.15, 0.2) is 12.1 Å². The Balaban J connectivity index is 2.90. The smallest absolute Gasteiger partial charge is 0.254 e. The summed E-state index contributed by atoms with van der Waals surface area (Å²) in [7, 11) is 0. The number of aromatic nitrogens is 1. The molecule has 0 spiro atoms. The van der Waals surface area contributed by atoms with Gasteiger partial charge in [-0.3, -0.25) is 4.79 Å². The summed E-state index contributed by atoms with van der Waals surface area (Å²) in [6, 6.07) is 3.55. The number of hydrogen-bond donors (Lipinski definition) is 1. The van der Waals surface area contributed by atoms with Gasteiger partial charge in [-0.25, -0.2) is 4.98 Å². The van der Waals surface area contributed by atoms with Crippen LogP contribution in [0, 0.1) is 6.92 Å². The van der Waals surface area contributed by atoms with Gasteiger partial charge in [-0.2, -0.15) is 0 Å². The maximum absolute atomic E-state index is 11.6. The number of hydrogen-bond acceptors (Lipinski definition) is 2. The van der Waals surface area contributed by atoms with Crippen LogP contribution >= 0.6 is 11.6 Å². The fourth-order valence-corrected chi connectivity index (χ4v) is 1.32. The van der Waals surface area contributed by atoms with Crippen molar-refractivity contribution in [2.45, 2.75) is 26.8 Å². The Kier molecular flexibility index (Phi) is 3.47. The lowest BCUT2D eigenvalue weighted by Crippen LogP contribution is -2.30. The van der Waals surface area contributed by atoms with E-state index in [1.807, 2.05) is 20.8 Å². The largest absolute Gasteiger partial charge is 0.350 e. The molecule has 0 aliphatic heterocycles. The number of rotatable bonds is 2. The first-order valence-electron chi connectivity index (χ1n) is 4.44. The molecule has 1 rings (SSSR count). The third kappa shape index (κ3) is 2.70. The highest BCUT2D eigenvalue weighted by Gasteiger charge is 2.11. The van der Waals surface area contributed by atoms with E-state index in [1.165, 1.54) is 0 Å². The van der Waals surface area contributed by atoms with E-state index in [1.54, 1.807) is 12.1 Å². The number of nitrogens with zero attached hydrogens (tertiary/aromatic N) is 1. The van der Waals surface area contributed by atoms with E-state index in [2.05, 4.69) is 10.3 Å². The topological polar surface area (TPSA) is 42.0 Å². The molecule has 76 valence electrons. The highest BCUT2D eigenvalue weighted by atomic mass is 35.5. The number of carbonyl (C=O) groups excluding carboxylic acids is 1. The van der Waals surface area contributed by atoms with Gasteiger partial charge in [0.15, 0.2) is 0 Å². The van der Waals surface area contributed by atoms with Crippen LogP contribution in [0.5, 0.6) is 0 Å². The van der Waals surface area contributed by atoms with Gasteiger partial charge in [0.2, 0.25) is 0 Å². The highest BCUT2D eigenvalue weighted by Crippen LogP contribution is 2.13. The molecule has 0 atom stereocenters. The SMILES string of the molecule is Cc1ccc(C(=O)NC(C)C)c(Cl)n1. The van der Waals surface area contributed by atoms with Crippen molar-refractivity contribution >= 4 is 17.5 Å². The first-order valence-corrected chi connectivity index (χ1v) is 4.82. The fourth-order valence-electron chi connectivity index (χ4n) is 1.03. The Morgan fingerprint density at radius 1 is 1.50 bits per heavy atom. The second kappa shape index (κ2) is 4.42. The predicted molar refractivity (Wildman–Crippen MR) is 56.6 cm³/mol. The zero-order chi connectivity index (χ0) is 10.7. The van der Waals surface area contributed by atoms with Crippen molar-refractivity contribution in [3.8, 4) is 0 Å². The van der Waals surface area contributed by atoms with Crippen molar-refractivity contribution in [3.63, 3.8) is 0 Å². The molecule has 1 aromatic rings. The molecular weight excluding hydrogens is 200 g/mol. The summed E-state index contributed by atoms with van der Waals surface area (Å²) in [4.78, 5) is 15.6. The lowest BCUT2D eigenvalue weighted by atomic mass is 10.2. The number of halogens is 1. The van der Waals surface area contributed by atoms with Gasteiger partial charge in [-0.1, -0.05) is 11.6 Å². The Morgan fingerprint density at radius 3 is 2.64 bits per heavy atom. The number of aryl methyl sites for hydroxylation is 1. The standard InChI is InChI=1S/C10H13ClN2O/c1-6(2)12-10(14)8-5-4-7(3)13-9(8)11/h4-6H,1-3H3,(H,12,14). The Bertz CT molecular complexity index is 350.